The summed E-state index contributed by atoms with van der Waals surface area (Å²) in [5.41, 5.74) is 4.54. The van der Waals surface area contributed by atoms with E-state index in [1.807, 2.05) is 47.4 Å². The van der Waals surface area contributed by atoms with Gasteiger partial charge in [-0.2, -0.15) is 0 Å². The zero-order valence-corrected chi connectivity index (χ0v) is 19.6. The van der Waals surface area contributed by atoms with Crippen LogP contribution in [0.3, 0.4) is 0 Å². The summed E-state index contributed by atoms with van der Waals surface area (Å²) in [7, 11) is 0. The summed E-state index contributed by atoms with van der Waals surface area (Å²) < 4.78 is 5.36. The predicted molar refractivity (Wildman–Crippen MR) is 131 cm³/mol. The Balaban J connectivity index is 1.38. The van der Waals surface area contributed by atoms with Gasteiger partial charge in [-0.15, -0.1) is 0 Å². The fraction of sp³-hybridized carbons (Fsp3) is 0.357. The number of allylic oxidation sites excluding steroid dienone is 1. The minimum Gasteiger partial charge on any atom is -0.508 e. The molecule has 6 heteroatoms. The van der Waals surface area contributed by atoms with E-state index < -0.39 is 6.09 Å². The average Bonchev–Trinajstić information content (AvgIpc) is 2.86. The van der Waals surface area contributed by atoms with E-state index in [1.54, 1.807) is 12.1 Å². The highest BCUT2D eigenvalue weighted by Gasteiger charge is 2.33. The lowest BCUT2D eigenvalue weighted by Crippen LogP contribution is -2.50. The molecule has 0 saturated heterocycles. The zero-order valence-electron chi connectivity index (χ0n) is 19.6. The van der Waals surface area contributed by atoms with Gasteiger partial charge in [-0.1, -0.05) is 67.1 Å². The third-order valence-corrected chi connectivity index (χ3v) is 6.63. The van der Waals surface area contributed by atoms with Crippen molar-refractivity contribution in [2.45, 2.75) is 45.3 Å². The Morgan fingerprint density at radius 1 is 1.09 bits per heavy atom. The Labute approximate surface area is 200 Å². The van der Waals surface area contributed by atoms with Crippen LogP contribution in [0.5, 0.6) is 5.75 Å². The maximum Gasteiger partial charge on any atom is 0.407 e. The number of hydrogen-bond donors (Lipinski definition) is 2. The Hall–Kier alpha value is -3.54. The molecule has 2 N–H and O–H groups in total. The van der Waals surface area contributed by atoms with E-state index in [0.717, 1.165) is 24.0 Å². The lowest BCUT2D eigenvalue weighted by atomic mass is 9.81. The molecule has 0 bridgehead atoms. The highest BCUT2D eigenvalue weighted by atomic mass is 16.5. The van der Waals surface area contributed by atoms with Gasteiger partial charge >= 0.3 is 6.09 Å². The van der Waals surface area contributed by atoms with Crippen LogP contribution in [0.2, 0.25) is 0 Å². The van der Waals surface area contributed by atoms with Crippen molar-refractivity contribution in [2.75, 3.05) is 13.1 Å². The molecule has 0 radical (unpaired) electrons. The summed E-state index contributed by atoms with van der Waals surface area (Å²) in [5.74, 6) is 0.728. The van der Waals surface area contributed by atoms with Crippen molar-refractivity contribution in [2.24, 2.45) is 5.92 Å². The number of phenols is 1. The number of phenolic OH excluding ortho intramolecular Hbond substituents is 1. The molecule has 2 aromatic rings. The molecule has 0 fully saturated rings. The molecule has 2 aromatic carbocycles. The first-order valence-corrected chi connectivity index (χ1v) is 11.9. The van der Waals surface area contributed by atoms with Crippen LogP contribution in [0.1, 0.15) is 37.3 Å². The van der Waals surface area contributed by atoms with Gasteiger partial charge in [0.15, 0.2) is 0 Å². The van der Waals surface area contributed by atoms with Gasteiger partial charge in [-0.25, -0.2) is 4.79 Å². The van der Waals surface area contributed by atoms with Gasteiger partial charge in [-0.3, -0.25) is 4.79 Å². The second kappa shape index (κ2) is 11.1. The normalized spacial score (nSPS) is 19.5. The molecule has 6 nitrogen and oxygen atoms in total. The van der Waals surface area contributed by atoms with Crippen LogP contribution in [0.4, 0.5) is 4.79 Å². The Kier molecular flexibility index (Phi) is 7.68. The molecule has 34 heavy (non-hydrogen) atoms. The van der Waals surface area contributed by atoms with Gasteiger partial charge in [0.2, 0.25) is 5.91 Å². The number of benzene rings is 2. The van der Waals surface area contributed by atoms with E-state index in [1.165, 1.54) is 11.1 Å². The third kappa shape index (κ3) is 6.07. The van der Waals surface area contributed by atoms with E-state index in [0.29, 0.717) is 31.8 Å². The van der Waals surface area contributed by atoms with E-state index in [-0.39, 0.29) is 24.3 Å². The van der Waals surface area contributed by atoms with Gasteiger partial charge in [0.05, 0.1) is 6.04 Å². The fourth-order valence-electron chi connectivity index (χ4n) is 4.65. The summed E-state index contributed by atoms with van der Waals surface area (Å²) in [6.07, 6.45) is 6.60. The van der Waals surface area contributed by atoms with Crippen molar-refractivity contribution in [3.8, 4) is 5.75 Å². The molecule has 1 aliphatic heterocycles. The largest absolute Gasteiger partial charge is 0.508 e. The van der Waals surface area contributed by atoms with Crippen molar-refractivity contribution < 1.29 is 19.4 Å². The van der Waals surface area contributed by atoms with Crippen LogP contribution in [-0.4, -0.2) is 41.1 Å². The van der Waals surface area contributed by atoms with Crippen molar-refractivity contribution in [3.05, 3.63) is 89.0 Å². The van der Waals surface area contributed by atoms with E-state index in [4.69, 9.17) is 4.74 Å². The number of alkyl carbamates (subject to hydrolysis) is 1. The van der Waals surface area contributed by atoms with Crippen LogP contribution in [0.15, 0.2) is 77.9 Å². The topological polar surface area (TPSA) is 78.9 Å². The number of aromatic hydroxyl groups is 1. The highest BCUT2D eigenvalue weighted by Crippen LogP contribution is 2.34. The summed E-state index contributed by atoms with van der Waals surface area (Å²) in [6.45, 7) is 3.35. The number of aryl methyl sites for hydroxylation is 1. The van der Waals surface area contributed by atoms with Gasteiger partial charge in [0.1, 0.15) is 12.4 Å². The Morgan fingerprint density at radius 3 is 2.62 bits per heavy atom. The molecule has 0 spiro atoms. The Morgan fingerprint density at radius 2 is 1.85 bits per heavy atom. The molecule has 2 atom stereocenters. The fourth-order valence-corrected chi connectivity index (χ4v) is 4.65. The van der Waals surface area contributed by atoms with Gasteiger partial charge < -0.3 is 20.1 Å². The van der Waals surface area contributed by atoms with Crippen LogP contribution in [0, 0.1) is 5.92 Å². The molecule has 1 heterocycles. The lowest BCUT2D eigenvalue weighted by molar-refractivity contribution is -0.133. The molecule has 0 aromatic heterocycles. The number of carbonyl (C=O) groups is 2. The smallest absolute Gasteiger partial charge is 0.407 e. The standard InChI is InChI=1S/C28H32N2O4/c1-20-6-5-9-23-18-30(27(32)15-12-21-10-13-25(31)14-11-21)24(16-26(20)23)17-29-28(33)34-19-22-7-3-2-4-8-22/h2-5,7-11,13-14,20,24,31H,6,12,15-19H2,1H3,(H,29,33)/t20?,24-/m0/s1. The van der Waals surface area contributed by atoms with Gasteiger partial charge in [0, 0.05) is 19.5 Å². The first kappa shape index (κ1) is 23.6. The maximum absolute atomic E-state index is 13.2. The van der Waals surface area contributed by atoms with E-state index >= 15 is 0 Å². The van der Waals surface area contributed by atoms with E-state index in [2.05, 4.69) is 24.4 Å². The summed E-state index contributed by atoms with van der Waals surface area (Å²) in [5, 5.41) is 12.4. The first-order chi connectivity index (χ1) is 16.5. The summed E-state index contributed by atoms with van der Waals surface area (Å²) >= 11 is 0. The van der Waals surface area contributed by atoms with Crippen LogP contribution < -0.4 is 5.32 Å². The van der Waals surface area contributed by atoms with Crippen molar-refractivity contribution >= 4 is 12.0 Å². The summed E-state index contributed by atoms with van der Waals surface area (Å²) in [4.78, 5) is 27.5. The minimum atomic E-state index is -0.475. The molecule has 2 aliphatic rings. The second-order valence-electron chi connectivity index (χ2n) is 9.08. The molecule has 1 aliphatic carbocycles. The first-order valence-electron chi connectivity index (χ1n) is 11.9. The molecular formula is C28H32N2O4. The Bertz CT molecular complexity index is 1060. The molecule has 1 unspecified atom stereocenters. The second-order valence-corrected chi connectivity index (χ2v) is 9.08. The predicted octanol–water partition coefficient (Wildman–Crippen LogP) is 4.74. The number of amides is 2. The van der Waals surface area contributed by atoms with Crippen LogP contribution >= 0.6 is 0 Å². The van der Waals surface area contributed by atoms with Crippen LogP contribution in [-0.2, 0) is 22.6 Å². The molecule has 2 amide bonds. The number of ether oxygens (including phenoxy) is 1. The molecular weight excluding hydrogens is 428 g/mol. The third-order valence-electron chi connectivity index (χ3n) is 6.63. The average molecular weight is 461 g/mol. The highest BCUT2D eigenvalue weighted by molar-refractivity contribution is 5.78. The number of hydrogen-bond acceptors (Lipinski definition) is 4. The van der Waals surface area contributed by atoms with Crippen LogP contribution in [0.25, 0.3) is 0 Å². The van der Waals surface area contributed by atoms with Crippen molar-refractivity contribution in [1.82, 2.24) is 10.2 Å². The molecule has 0 saturated carbocycles. The van der Waals surface area contributed by atoms with Crippen molar-refractivity contribution in [1.29, 1.82) is 0 Å². The SMILES string of the molecule is CC1CC=CC2=C1C[C@@H](CNC(=O)OCc1ccccc1)N(C(=O)CCc1ccc(O)cc1)C2. The number of carbonyl (C=O) groups excluding carboxylic acids is 2. The van der Waals surface area contributed by atoms with Gasteiger partial charge in [0.25, 0.3) is 0 Å². The lowest BCUT2D eigenvalue weighted by Gasteiger charge is -2.40. The number of nitrogens with zero attached hydrogens (tertiary/aromatic N) is 1. The molecule has 4 rings (SSSR count). The quantitative estimate of drug-likeness (QED) is 0.625. The monoisotopic (exact) mass is 460 g/mol. The number of nitrogens with one attached hydrogen (secondary N) is 1. The van der Waals surface area contributed by atoms with Crippen molar-refractivity contribution in [3.63, 3.8) is 0 Å². The minimum absolute atomic E-state index is 0.0655. The molecule has 178 valence electrons. The zero-order chi connectivity index (χ0) is 23.9. The van der Waals surface area contributed by atoms with Gasteiger partial charge in [-0.05, 0) is 54.0 Å². The number of rotatable bonds is 7. The maximum atomic E-state index is 13.2. The van der Waals surface area contributed by atoms with E-state index in [9.17, 15) is 14.7 Å². The summed E-state index contributed by atoms with van der Waals surface area (Å²) in [6, 6.07) is 16.4.